The van der Waals surface area contributed by atoms with Gasteiger partial charge in [-0.3, -0.25) is 0 Å². The highest BCUT2D eigenvalue weighted by atomic mass is 19.4. The van der Waals surface area contributed by atoms with Gasteiger partial charge in [0.05, 0.1) is 32.8 Å². The normalized spacial score (nSPS) is 13.2. The molecule has 0 radical (unpaired) electrons. The van der Waals surface area contributed by atoms with Crippen LogP contribution in [0.15, 0.2) is 0 Å². The van der Waals surface area contributed by atoms with Crippen LogP contribution in [0.3, 0.4) is 0 Å². The summed E-state index contributed by atoms with van der Waals surface area (Å²) in [5, 5.41) is 17.9. The van der Waals surface area contributed by atoms with Crippen LogP contribution in [0.25, 0.3) is 0 Å². The molecule has 0 saturated carbocycles. The summed E-state index contributed by atoms with van der Waals surface area (Å²) < 4.78 is 40.0. The third-order valence-electron chi connectivity index (χ3n) is 2.36. The molecule has 0 aliphatic carbocycles. The highest BCUT2D eigenvalue weighted by Gasteiger charge is 2.29. The van der Waals surface area contributed by atoms with Crippen molar-refractivity contribution >= 4 is 0 Å². The maximum atomic E-state index is 11.7. The molecule has 0 unspecified atom stereocenters. The molecule has 0 fully saturated rings. The molecule has 6 heteroatoms. The average molecular weight is 230 g/mol. The average Bonchev–Trinajstić information content (AvgIpc) is 2.18. The minimum atomic E-state index is -4.23. The minimum Gasteiger partial charge on any atom is -0.396 e. The van der Waals surface area contributed by atoms with Crippen molar-refractivity contribution in [1.82, 2.24) is 0 Å². The van der Waals surface area contributed by atoms with Crippen molar-refractivity contribution in [2.24, 2.45) is 5.41 Å². The molecule has 0 saturated heterocycles. The molecule has 15 heavy (non-hydrogen) atoms. The van der Waals surface area contributed by atoms with Crippen LogP contribution < -0.4 is 0 Å². The second-order valence-corrected chi connectivity index (χ2v) is 3.59. The van der Waals surface area contributed by atoms with Crippen LogP contribution in [-0.4, -0.2) is 42.8 Å². The van der Waals surface area contributed by atoms with Gasteiger partial charge in [0.15, 0.2) is 0 Å². The van der Waals surface area contributed by atoms with Crippen molar-refractivity contribution in [2.45, 2.75) is 25.9 Å². The van der Waals surface area contributed by atoms with Crippen LogP contribution >= 0.6 is 0 Å². The molecular weight excluding hydrogens is 213 g/mol. The summed E-state index contributed by atoms with van der Waals surface area (Å²) in [4.78, 5) is 0. The highest BCUT2D eigenvalue weighted by Crippen LogP contribution is 2.23. The van der Waals surface area contributed by atoms with E-state index in [2.05, 4.69) is 0 Å². The first-order valence-electron chi connectivity index (χ1n) is 4.75. The Morgan fingerprint density at radius 2 is 1.67 bits per heavy atom. The Bertz CT molecular complexity index is 158. The molecule has 0 amide bonds. The lowest BCUT2D eigenvalue weighted by Crippen LogP contribution is -2.34. The number of alkyl halides is 3. The van der Waals surface area contributed by atoms with Crippen molar-refractivity contribution in [1.29, 1.82) is 0 Å². The summed E-state index contributed by atoms with van der Waals surface area (Å²) in [6, 6.07) is 0. The molecule has 0 aliphatic rings. The van der Waals surface area contributed by atoms with Gasteiger partial charge in [-0.25, -0.2) is 0 Å². The molecule has 0 rings (SSSR count). The first kappa shape index (κ1) is 14.7. The van der Waals surface area contributed by atoms with Crippen LogP contribution in [0.4, 0.5) is 13.2 Å². The maximum Gasteiger partial charge on any atom is 0.391 e. The predicted octanol–water partition coefficient (Wildman–Crippen LogP) is 1.34. The van der Waals surface area contributed by atoms with E-state index in [1.807, 2.05) is 0 Å². The van der Waals surface area contributed by atoms with Crippen LogP contribution in [0, 0.1) is 5.41 Å². The van der Waals surface area contributed by atoms with Gasteiger partial charge >= 0.3 is 6.18 Å². The maximum absolute atomic E-state index is 11.7. The Hall–Kier alpha value is -0.330. The van der Waals surface area contributed by atoms with E-state index in [1.54, 1.807) is 6.92 Å². The summed E-state index contributed by atoms with van der Waals surface area (Å²) in [7, 11) is 0. The number of rotatable bonds is 7. The summed E-state index contributed by atoms with van der Waals surface area (Å²) in [6.07, 6.45) is -4.79. The van der Waals surface area contributed by atoms with Crippen LogP contribution in [0.1, 0.15) is 19.8 Å². The number of hydrogen-bond acceptors (Lipinski definition) is 3. The third-order valence-corrected chi connectivity index (χ3v) is 2.36. The Balaban J connectivity index is 3.82. The Labute approximate surface area is 86.9 Å². The number of aliphatic hydroxyl groups excluding tert-OH is 2. The van der Waals surface area contributed by atoms with Gasteiger partial charge in [-0.05, 0) is 6.42 Å². The summed E-state index contributed by atoms with van der Waals surface area (Å²) in [6.45, 7) is 0.634. The molecule has 2 N–H and O–H groups in total. The second kappa shape index (κ2) is 6.30. The molecule has 0 bridgehead atoms. The lowest BCUT2D eigenvalue weighted by Gasteiger charge is -2.27. The lowest BCUT2D eigenvalue weighted by molar-refractivity contribution is -0.149. The fourth-order valence-corrected chi connectivity index (χ4v) is 0.944. The molecule has 3 nitrogen and oxygen atoms in total. The number of aliphatic hydroxyl groups is 2. The van der Waals surface area contributed by atoms with E-state index in [0.29, 0.717) is 6.42 Å². The molecule has 0 aliphatic heterocycles. The SMILES string of the molecule is CCC(CO)(CO)COCCC(F)(F)F. The van der Waals surface area contributed by atoms with E-state index < -0.39 is 24.6 Å². The molecular formula is C9H17F3O3. The van der Waals surface area contributed by atoms with Crippen molar-refractivity contribution in [2.75, 3.05) is 26.4 Å². The molecule has 0 heterocycles. The van der Waals surface area contributed by atoms with Crippen LogP contribution in [-0.2, 0) is 4.74 Å². The van der Waals surface area contributed by atoms with Gasteiger partial charge in [-0.15, -0.1) is 0 Å². The van der Waals surface area contributed by atoms with E-state index in [1.165, 1.54) is 0 Å². The van der Waals surface area contributed by atoms with Gasteiger partial charge in [-0.2, -0.15) is 13.2 Å². The van der Waals surface area contributed by atoms with Gasteiger partial charge in [0.2, 0.25) is 0 Å². The van der Waals surface area contributed by atoms with Gasteiger partial charge < -0.3 is 14.9 Å². The Kier molecular flexibility index (Phi) is 6.16. The zero-order chi connectivity index (χ0) is 11.9. The van der Waals surface area contributed by atoms with E-state index in [4.69, 9.17) is 14.9 Å². The van der Waals surface area contributed by atoms with Gasteiger partial charge in [0, 0.05) is 5.41 Å². The lowest BCUT2D eigenvalue weighted by atomic mass is 9.88. The molecule has 0 aromatic heterocycles. The highest BCUT2D eigenvalue weighted by molar-refractivity contribution is 4.75. The number of ether oxygens (including phenoxy) is 1. The topological polar surface area (TPSA) is 49.7 Å². The number of halogens is 3. The summed E-state index contributed by atoms with van der Waals surface area (Å²) in [5.41, 5.74) is -0.828. The van der Waals surface area contributed by atoms with Crippen molar-refractivity contribution < 1.29 is 28.1 Å². The number of hydrogen-bond donors (Lipinski definition) is 2. The smallest absolute Gasteiger partial charge is 0.391 e. The van der Waals surface area contributed by atoms with Gasteiger partial charge in [0.25, 0.3) is 0 Å². The fourth-order valence-electron chi connectivity index (χ4n) is 0.944. The Morgan fingerprint density at radius 1 is 1.13 bits per heavy atom. The zero-order valence-corrected chi connectivity index (χ0v) is 8.68. The van der Waals surface area contributed by atoms with E-state index in [-0.39, 0.29) is 19.8 Å². The monoisotopic (exact) mass is 230 g/mol. The van der Waals surface area contributed by atoms with Crippen molar-refractivity contribution in [3.8, 4) is 0 Å². The first-order valence-corrected chi connectivity index (χ1v) is 4.75. The summed E-state index contributed by atoms with van der Waals surface area (Å²) >= 11 is 0. The molecule has 92 valence electrons. The van der Waals surface area contributed by atoms with Crippen molar-refractivity contribution in [3.05, 3.63) is 0 Å². The van der Waals surface area contributed by atoms with E-state index in [9.17, 15) is 13.2 Å². The van der Waals surface area contributed by atoms with Crippen LogP contribution in [0.2, 0.25) is 0 Å². The second-order valence-electron chi connectivity index (χ2n) is 3.59. The van der Waals surface area contributed by atoms with Gasteiger partial charge in [0.1, 0.15) is 0 Å². The molecule has 0 atom stereocenters. The largest absolute Gasteiger partial charge is 0.396 e. The third kappa shape index (κ3) is 5.96. The standard InChI is InChI=1S/C9H17F3O3/c1-2-8(5-13,6-14)7-15-4-3-9(10,11)12/h13-14H,2-7H2,1H3. The fraction of sp³-hybridized carbons (Fsp3) is 1.00. The molecule has 0 aromatic carbocycles. The predicted molar refractivity (Wildman–Crippen MR) is 48.4 cm³/mol. The quantitative estimate of drug-likeness (QED) is 0.649. The summed E-state index contributed by atoms with van der Waals surface area (Å²) in [5.74, 6) is 0. The van der Waals surface area contributed by atoms with Gasteiger partial charge in [-0.1, -0.05) is 6.92 Å². The zero-order valence-electron chi connectivity index (χ0n) is 8.68. The van der Waals surface area contributed by atoms with Crippen molar-refractivity contribution in [3.63, 3.8) is 0 Å². The first-order chi connectivity index (χ1) is 6.89. The molecule has 0 aromatic rings. The van der Waals surface area contributed by atoms with E-state index >= 15 is 0 Å². The Morgan fingerprint density at radius 3 is 2.00 bits per heavy atom. The molecule has 0 spiro atoms. The minimum absolute atomic E-state index is 0.0629. The van der Waals surface area contributed by atoms with Crippen LogP contribution in [0.5, 0.6) is 0 Å². The van der Waals surface area contributed by atoms with E-state index in [0.717, 1.165) is 0 Å².